The van der Waals surface area contributed by atoms with E-state index in [9.17, 15) is 0 Å². The van der Waals surface area contributed by atoms with Crippen molar-refractivity contribution in [3.63, 3.8) is 0 Å². The van der Waals surface area contributed by atoms with Crippen LogP contribution in [0.15, 0.2) is 0 Å². The molecule has 0 rings (SSSR count). The average molecular weight is 230 g/mol. The summed E-state index contributed by atoms with van der Waals surface area (Å²) < 4.78 is 0. The molecule has 0 saturated carbocycles. The molecule has 2 nitrogen and oxygen atoms in total. The summed E-state index contributed by atoms with van der Waals surface area (Å²) in [7, 11) is 6.57. The van der Waals surface area contributed by atoms with Crippen LogP contribution >= 0.6 is 0 Å². The second kappa shape index (κ2) is 13.0. The predicted octanol–water partition coefficient (Wildman–Crippen LogP) is 3.47. The van der Waals surface area contributed by atoms with E-state index in [1.54, 1.807) is 0 Å². The van der Waals surface area contributed by atoms with E-state index in [0.717, 1.165) is 12.6 Å². The lowest BCUT2D eigenvalue weighted by atomic mass is 10.1. The van der Waals surface area contributed by atoms with Gasteiger partial charge in [0.05, 0.1) is 0 Å². The standard InChI is InChI=1S/C11H26N2.C3H8/c1-6-8-9-11(12(3)4)10-13(5)7-2;1-3-2/h11H,6-10H2,1-5H3;3H2,1-2H3/t11-;/m1./s1. The number of hydrogen-bond donors (Lipinski definition) is 0. The van der Waals surface area contributed by atoms with E-state index in [-0.39, 0.29) is 0 Å². The zero-order chi connectivity index (χ0) is 13.0. The summed E-state index contributed by atoms with van der Waals surface area (Å²) in [6, 6.07) is 0.727. The van der Waals surface area contributed by atoms with Gasteiger partial charge < -0.3 is 9.80 Å². The average Bonchev–Trinajstić information content (AvgIpc) is 2.24. The summed E-state index contributed by atoms with van der Waals surface area (Å²) in [6.45, 7) is 11.1. The number of nitrogens with zero attached hydrogens (tertiary/aromatic N) is 2. The molecule has 0 aliphatic carbocycles. The highest BCUT2D eigenvalue weighted by molar-refractivity contribution is 4.69. The van der Waals surface area contributed by atoms with Crippen molar-refractivity contribution in [3.05, 3.63) is 0 Å². The molecule has 0 aromatic carbocycles. The molecule has 0 aliphatic rings. The van der Waals surface area contributed by atoms with Crippen LogP contribution in [0.3, 0.4) is 0 Å². The Morgan fingerprint density at radius 2 is 1.44 bits per heavy atom. The first-order chi connectivity index (χ1) is 7.53. The maximum Gasteiger partial charge on any atom is 0.0216 e. The van der Waals surface area contributed by atoms with Gasteiger partial charge in [0.15, 0.2) is 0 Å². The van der Waals surface area contributed by atoms with Crippen LogP contribution < -0.4 is 0 Å². The van der Waals surface area contributed by atoms with Gasteiger partial charge in [-0.1, -0.05) is 47.0 Å². The van der Waals surface area contributed by atoms with Gasteiger partial charge in [0.1, 0.15) is 0 Å². The SMILES string of the molecule is CCC.CCCC[C@H](CN(C)CC)N(C)C. The summed E-state index contributed by atoms with van der Waals surface area (Å²) in [5.74, 6) is 0. The molecule has 0 unspecified atom stereocenters. The van der Waals surface area contributed by atoms with Gasteiger partial charge in [-0.25, -0.2) is 0 Å². The fourth-order valence-corrected chi connectivity index (χ4v) is 1.44. The normalized spacial score (nSPS) is 12.6. The van der Waals surface area contributed by atoms with Gasteiger partial charge in [0, 0.05) is 12.6 Å². The summed E-state index contributed by atoms with van der Waals surface area (Å²) in [4.78, 5) is 4.74. The predicted molar refractivity (Wildman–Crippen MR) is 76.1 cm³/mol. The smallest absolute Gasteiger partial charge is 0.0216 e. The highest BCUT2D eigenvalue weighted by Crippen LogP contribution is 2.06. The summed E-state index contributed by atoms with van der Waals surface area (Å²) >= 11 is 0. The van der Waals surface area contributed by atoms with Crippen LogP contribution in [0.1, 0.15) is 53.4 Å². The third-order valence-electron chi connectivity index (χ3n) is 2.68. The van der Waals surface area contributed by atoms with Crippen LogP contribution in [-0.4, -0.2) is 50.1 Å². The third-order valence-corrected chi connectivity index (χ3v) is 2.68. The van der Waals surface area contributed by atoms with E-state index in [0.29, 0.717) is 0 Å². The molecule has 0 aromatic heterocycles. The lowest BCUT2D eigenvalue weighted by Gasteiger charge is -2.28. The second-order valence-electron chi connectivity index (χ2n) is 4.82. The summed E-state index contributed by atoms with van der Waals surface area (Å²) in [6.07, 6.45) is 5.23. The van der Waals surface area contributed by atoms with Crippen molar-refractivity contribution in [2.75, 3.05) is 34.2 Å². The second-order valence-corrected chi connectivity index (χ2v) is 4.82. The number of hydrogen-bond acceptors (Lipinski definition) is 2. The molecule has 0 heterocycles. The first-order valence-electron chi connectivity index (χ1n) is 6.88. The van der Waals surface area contributed by atoms with E-state index in [2.05, 4.69) is 58.6 Å². The van der Waals surface area contributed by atoms with Gasteiger partial charge in [-0.05, 0) is 34.1 Å². The van der Waals surface area contributed by atoms with Gasteiger partial charge in [-0.2, -0.15) is 0 Å². The molecular weight excluding hydrogens is 196 g/mol. The molecule has 0 radical (unpaired) electrons. The zero-order valence-corrected chi connectivity index (χ0v) is 12.7. The Bertz CT molecular complexity index is 124. The van der Waals surface area contributed by atoms with Gasteiger partial charge in [-0.3, -0.25) is 0 Å². The highest BCUT2D eigenvalue weighted by Gasteiger charge is 2.11. The van der Waals surface area contributed by atoms with Crippen LogP contribution in [0.2, 0.25) is 0 Å². The van der Waals surface area contributed by atoms with E-state index in [1.165, 1.54) is 32.2 Å². The Morgan fingerprint density at radius 3 is 1.75 bits per heavy atom. The van der Waals surface area contributed by atoms with E-state index in [1.807, 2.05) is 0 Å². The molecule has 0 fully saturated rings. The van der Waals surface area contributed by atoms with Crippen LogP contribution in [0.5, 0.6) is 0 Å². The van der Waals surface area contributed by atoms with E-state index < -0.39 is 0 Å². The van der Waals surface area contributed by atoms with Crippen LogP contribution in [0.4, 0.5) is 0 Å². The molecule has 0 spiro atoms. The van der Waals surface area contributed by atoms with Crippen molar-refractivity contribution in [2.24, 2.45) is 0 Å². The Morgan fingerprint density at radius 1 is 0.938 bits per heavy atom. The molecule has 100 valence electrons. The van der Waals surface area contributed by atoms with E-state index >= 15 is 0 Å². The topological polar surface area (TPSA) is 6.48 Å². The largest absolute Gasteiger partial charge is 0.305 e. The molecule has 0 N–H and O–H groups in total. The molecule has 0 amide bonds. The van der Waals surface area contributed by atoms with Crippen molar-refractivity contribution < 1.29 is 0 Å². The lowest BCUT2D eigenvalue weighted by Crippen LogP contribution is -2.38. The lowest BCUT2D eigenvalue weighted by molar-refractivity contribution is 0.200. The molecule has 0 bridgehead atoms. The highest BCUT2D eigenvalue weighted by atomic mass is 15.2. The fourth-order valence-electron chi connectivity index (χ4n) is 1.44. The van der Waals surface area contributed by atoms with Crippen molar-refractivity contribution in [1.82, 2.24) is 9.80 Å². The number of unbranched alkanes of at least 4 members (excludes halogenated alkanes) is 1. The number of likely N-dealkylation sites (N-methyl/N-ethyl adjacent to an activating group) is 2. The molecule has 0 saturated heterocycles. The molecular formula is C14H34N2. The maximum atomic E-state index is 2.39. The van der Waals surface area contributed by atoms with Gasteiger partial charge in [0.2, 0.25) is 0 Å². The van der Waals surface area contributed by atoms with Gasteiger partial charge in [-0.15, -0.1) is 0 Å². The van der Waals surface area contributed by atoms with Crippen LogP contribution in [0.25, 0.3) is 0 Å². The first kappa shape index (κ1) is 18.3. The van der Waals surface area contributed by atoms with E-state index in [4.69, 9.17) is 0 Å². The van der Waals surface area contributed by atoms with Crippen molar-refractivity contribution in [2.45, 2.75) is 59.4 Å². The Kier molecular flexibility index (Phi) is 14.8. The quantitative estimate of drug-likeness (QED) is 0.661. The summed E-state index contributed by atoms with van der Waals surface area (Å²) in [5.41, 5.74) is 0. The zero-order valence-electron chi connectivity index (χ0n) is 12.7. The van der Waals surface area contributed by atoms with Crippen molar-refractivity contribution in [3.8, 4) is 0 Å². The minimum absolute atomic E-state index is 0.727. The van der Waals surface area contributed by atoms with Gasteiger partial charge in [0.25, 0.3) is 0 Å². The fraction of sp³-hybridized carbons (Fsp3) is 1.00. The molecule has 16 heavy (non-hydrogen) atoms. The first-order valence-corrected chi connectivity index (χ1v) is 6.88. The minimum Gasteiger partial charge on any atom is -0.305 e. The van der Waals surface area contributed by atoms with Crippen molar-refractivity contribution >= 4 is 0 Å². The summed E-state index contributed by atoms with van der Waals surface area (Å²) in [5, 5.41) is 0. The van der Waals surface area contributed by atoms with Crippen molar-refractivity contribution in [1.29, 1.82) is 0 Å². The molecule has 0 aromatic rings. The maximum absolute atomic E-state index is 2.39. The monoisotopic (exact) mass is 230 g/mol. The Labute approximate surface area is 104 Å². The van der Waals surface area contributed by atoms with Gasteiger partial charge >= 0.3 is 0 Å². The molecule has 2 heteroatoms. The molecule has 1 atom stereocenters. The van der Waals surface area contributed by atoms with Crippen LogP contribution in [-0.2, 0) is 0 Å². The third kappa shape index (κ3) is 12.0. The Balaban J connectivity index is 0. The number of rotatable bonds is 7. The Hall–Kier alpha value is -0.0800. The van der Waals surface area contributed by atoms with Crippen LogP contribution in [0, 0.1) is 0 Å². The minimum atomic E-state index is 0.727. The molecule has 0 aliphatic heterocycles.